The molecule has 2 nitrogen and oxygen atoms in total. The van der Waals surface area contributed by atoms with Crippen molar-refractivity contribution in [2.45, 2.75) is 61.5 Å². The van der Waals surface area contributed by atoms with Gasteiger partial charge in [0.15, 0.2) is 0 Å². The predicted octanol–water partition coefficient (Wildman–Crippen LogP) is 4.06. The average molecular weight is 397 g/mol. The Bertz CT molecular complexity index is 507. The molecule has 0 radical (unpaired) electrons. The van der Waals surface area contributed by atoms with E-state index in [1.165, 1.54) is 14.7 Å². The Labute approximate surface area is 134 Å². The van der Waals surface area contributed by atoms with Crippen molar-refractivity contribution in [1.82, 2.24) is 0 Å². The monoisotopic (exact) mass is 398 g/mol. The van der Waals surface area contributed by atoms with E-state index in [2.05, 4.69) is 39.9 Å². The van der Waals surface area contributed by atoms with Gasteiger partial charge in [0, 0.05) is 0 Å². The van der Waals surface area contributed by atoms with E-state index in [1.807, 2.05) is 27.7 Å². The molecule has 0 spiro atoms. The molecular formula is C18H30O2Sn. The standard InChI is InChI=1S/C15H21O2.3CH3.Sn/c1-11-7-6-8-13(9-11)10-12(2)14(16)17-15(3,4)5;;;;/h6-7,9,12H,10H2,1-5H3;3*1H3;. The minimum absolute atomic E-state index is 0.0981. The Balaban J connectivity index is 2.97. The summed E-state index contributed by atoms with van der Waals surface area (Å²) < 4.78 is 7.02. The van der Waals surface area contributed by atoms with Crippen LogP contribution in [0.4, 0.5) is 0 Å². The summed E-state index contributed by atoms with van der Waals surface area (Å²) in [5.41, 5.74) is 2.20. The molecule has 118 valence electrons. The van der Waals surface area contributed by atoms with Crippen molar-refractivity contribution in [3.05, 3.63) is 29.3 Å². The van der Waals surface area contributed by atoms with Gasteiger partial charge in [-0.3, -0.25) is 0 Å². The predicted molar refractivity (Wildman–Crippen MR) is 92.9 cm³/mol. The fourth-order valence-electron chi connectivity index (χ4n) is 2.44. The molecule has 0 aliphatic heterocycles. The number of carbonyl (C=O) groups excluding carboxylic acids is 1. The first-order chi connectivity index (χ1) is 9.40. The molecule has 0 heterocycles. The van der Waals surface area contributed by atoms with Gasteiger partial charge in [0.05, 0.1) is 0 Å². The summed E-state index contributed by atoms with van der Waals surface area (Å²) in [6.07, 6.45) is 0.778. The molecule has 0 saturated heterocycles. The van der Waals surface area contributed by atoms with Gasteiger partial charge < -0.3 is 0 Å². The first-order valence-electron chi connectivity index (χ1n) is 7.73. The van der Waals surface area contributed by atoms with Crippen molar-refractivity contribution in [3.63, 3.8) is 0 Å². The van der Waals surface area contributed by atoms with Crippen LogP contribution in [0.2, 0.25) is 14.8 Å². The first kappa shape index (κ1) is 18.5. The molecule has 0 aliphatic carbocycles. The normalized spacial score (nSPS) is 13.9. The Kier molecular flexibility index (Phi) is 5.93. The maximum atomic E-state index is 12.2. The van der Waals surface area contributed by atoms with Gasteiger partial charge in [-0.15, -0.1) is 0 Å². The Morgan fingerprint density at radius 1 is 1.24 bits per heavy atom. The summed E-state index contributed by atoms with van der Waals surface area (Å²) in [5.74, 6) is -0.197. The van der Waals surface area contributed by atoms with Gasteiger partial charge in [0.1, 0.15) is 0 Å². The van der Waals surface area contributed by atoms with Gasteiger partial charge in [0.25, 0.3) is 0 Å². The summed E-state index contributed by atoms with van der Waals surface area (Å²) in [6.45, 7) is 9.84. The molecule has 0 N–H and O–H groups in total. The molecule has 1 unspecified atom stereocenters. The summed E-state index contributed by atoms with van der Waals surface area (Å²) in [4.78, 5) is 19.5. The van der Waals surface area contributed by atoms with E-state index in [0.717, 1.165) is 6.42 Å². The van der Waals surface area contributed by atoms with Crippen molar-refractivity contribution >= 4 is 27.9 Å². The zero-order valence-electron chi connectivity index (χ0n) is 14.8. The van der Waals surface area contributed by atoms with Crippen LogP contribution in [0, 0.1) is 12.8 Å². The van der Waals surface area contributed by atoms with Crippen molar-refractivity contribution in [2.75, 3.05) is 0 Å². The summed E-state index contributed by atoms with van der Waals surface area (Å²) in [5, 5.41) is 0. The minimum atomic E-state index is -2.16. The van der Waals surface area contributed by atoms with Gasteiger partial charge >= 0.3 is 134 Å². The first-order valence-corrected chi connectivity index (χ1v) is 17.7. The summed E-state index contributed by atoms with van der Waals surface area (Å²) in [7, 11) is 0. The molecule has 3 heteroatoms. The second-order valence-corrected chi connectivity index (χ2v) is 22.4. The van der Waals surface area contributed by atoms with Crippen molar-refractivity contribution in [2.24, 2.45) is 5.92 Å². The van der Waals surface area contributed by atoms with Gasteiger partial charge in [-0.1, -0.05) is 0 Å². The van der Waals surface area contributed by atoms with E-state index >= 15 is 0 Å². The van der Waals surface area contributed by atoms with Crippen LogP contribution in [-0.2, 0) is 16.0 Å². The number of ether oxygens (including phenoxy) is 1. The second-order valence-electron chi connectivity index (χ2n) is 8.05. The van der Waals surface area contributed by atoms with Crippen LogP contribution >= 0.6 is 0 Å². The van der Waals surface area contributed by atoms with Crippen LogP contribution in [0.3, 0.4) is 0 Å². The van der Waals surface area contributed by atoms with E-state index < -0.39 is 24.0 Å². The zero-order valence-corrected chi connectivity index (χ0v) is 17.7. The van der Waals surface area contributed by atoms with E-state index in [9.17, 15) is 4.79 Å². The number of aryl methyl sites for hydroxylation is 1. The maximum absolute atomic E-state index is 12.2. The van der Waals surface area contributed by atoms with Gasteiger partial charge in [0.2, 0.25) is 0 Å². The Morgan fingerprint density at radius 2 is 1.81 bits per heavy atom. The third-order valence-electron chi connectivity index (χ3n) is 3.40. The third-order valence-corrected chi connectivity index (χ3v) is 9.41. The van der Waals surface area contributed by atoms with E-state index in [-0.39, 0.29) is 11.9 Å². The van der Waals surface area contributed by atoms with Crippen LogP contribution in [0.15, 0.2) is 18.2 Å². The van der Waals surface area contributed by atoms with E-state index in [0.29, 0.717) is 0 Å². The van der Waals surface area contributed by atoms with Gasteiger partial charge in [-0.25, -0.2) is 0 Å². The molecule has 0 saturated carbocycles. The molecule has 1 aromatic carbocycles. The molecule has 21 heavy (non-hydrogen) atoms. The number of carbonyl (C=O) groups is 1. The third kappa shape index (κ3) is 6.01. The summed E-state index contributed by atoms with van der Waals surface area (Å²) >= 11 is -2.16. The molecule has 0 aromatic heterocycles. The number of hydrogen-bond acceptors (Lipinski definition) is 2. The van der Waals surface area contributed by atoms with Crippen LogP contribution in [0.25, 0.3) is 0 Å². The van der Waals surface area contributed by atoms with Crippen LogP contribution in [-0.4, -0.2) is 29.9 Å². The van der Waals surface area contributed by atoms with Gasteiger partial charge in [-0.2, -0.15) is 0 Å². The fourth-order valence-corrected chi connectivity index (χ4v) is 7.35. The SMILES string of the molecule is Cc1cc[c]([Sn]([CH3])([CH3])[CH3])c(CC(C)C(=O)OC(C)(C)C)c1. The van der Waals surface area contributed by atoms with Crippen molar-refractivity contribution in [3.8, 4) is 0 Å². The quantitative estimate of drug-likeness (QED) is 0.566. The van der Waals surface area contributed by atoms with Crippen LogP contribution < -0.4 is 3.58 Å². The average Bonchev–Trinajstić information content (AvgIpc) is 2.24. The van der Waals surface area contributed by atoms with E-state index in [4.69, 9.17) is 4.74 Å². The van der Waals surface area contributed by atoms with E-state index in [1.54, 1.807) is 0 Å². The van der Waals surface area contributed by atoms with Crippen molar-refractivity contribution < 1.29 is 9.53 Å². The molecule has 1 rings (SSSR count). The zero-order chi connectivity index (χ0) is 16.4. The molecule has 0 aliphatic rings. The summed E-state index contributed by atoms with van der Waals surface area (Å²) in [6, 6.07) is 6.72. The molecule has 0 amide bonds. The molecule has 1 atom stereocenters. The number of hydrogen-bond donors (Lipinski definition) is 0. The second kappa shape index (κ2) is 6.72. The molecule has 0 bridgehead atoms. The van der Waals surface area contributed by atoms with Crippen LogP contribution in [0.1, 0.15) is 38.8 Å². The number of rotatable bonds is 4. The Morgan fingerprint density at radius 3 is 2.29 bits per heavy atom. The van der Waals surface area contributed by atoms with Crippen LogP contribution in [0.5, 0.6) is 0 Å². The van der Waals surface area contributed by atoms with Gasteiger partial charge in [-0.05, 0) is 0 Å². The number of esters is 1. The molecule has 1 aromatic rings. The topological polar surface area (TPSA) is 26.3 Å². The molecular weight excluding hydrogens is 367 g/mol. The number of benzene rings is 1. The van der Waals surface area contributed by atoms with Crippen molar-refractivity contribution in [1.29, 1.82) is 0 Å². The Hall–Kier alpha value is -0.511. The molecule has 0 fully saturated rings. The fraction of sp³-hybridized carbons (Fsp3) is 0.611.